The fraction of sp³-hybridized carbons (Fsp3) is 0.333. The molecule has 2 aromatic rings. The number of carboxylic acids is 1. The predicted molar refractivity (Wildman–Crippen MR) is 131 cm³/mol. The van der Waals surface area contributed by atoms with Gasteiger partial charge in [-0.1, -0.05) is 32.4 Å². The number of rotatable bonds is 9. The maximum absolute atomic E-state index is 13.2. The molecule has 0 saturated heterocycles. The molecule has 0 fully saturated rings. The molecule has 12 heteroatoms. The first-order chi connectivity index (χ1) is 16.6. The van der Waals surface area contributed by atoms with Gasteiger partial charge in [0.2, 0.25) is 12.0 Å². The third-order valence-corrected chi connectivity index (χ3v) is 5.46. The monoisotopic (exact) mass is 519 g/mol. The van der Waals surface area contributed by atoms with E-state index >= 15 is 0 Å². The van der Waals surface area contributed by atoms with Crippen LogP contribution < -0.4 is 10.1 Å². The summed E-state index contributed by atoms with van der Waals surface area (Å²) in [6.45, 7) is 5.97. The highest BCUT2D eigenvalue weighted by Crippen LogP contribution is 2.30. The summed E-state index contributed by atoms with van der Waals surface area (Å²) in [6, 6.07) is 7.27. The SMILES string of the molecule is CC(=O)N(C)Cc1cc([N+](=O)[O-])ccc1OC(C(=O)Nc1cc(C(=O)O)ccc1Cl)C(=O)C(C)(C)C. The van der Waals surface area contributed by atoms with Crippen molar-refractivity contribution in [2.24, 2.45) is 5.41 Å². The van der Waals surface area contributed by atoms with Crippen molar-refractivity contribution in [3.05, 3.63) is 62.7 Å². The molecule has 0 aliphatic rings. The van der Waals surface area contributed by atoms with Crippen LogP contribution in [-0.2, 0) is 20.9 Å². The lowest BCUT2D eigenvalue weighted by Crippen LogP contribution is -2.45. The molecule has 0 aliphatic heterocycles. The number of carbonyl (C=O) groups excluding carboxylic acids is 3. The number of nitrogens with zero attached hydrogens (tertiary/aromatic N) is 2. The number of hydrogen-bond donors (Lipinski definition) is 2. The normalized spacial score (nSPS) is 11.8. The number of anilines is 1. The molecule has 2 amide bonds. The zero-order valence-corrected chi connectivity index (χ0v) is 21.1. The van der Waals surface area contributed by atoms with E-state index in [0.29, 0.717) is 0 Å². The smallest absolute Gasteiger partial charge is 0.335 e. The van der Waals surface area contributed by atoms with Crippen LogP contribution in [0.5, 0.6) is 5.75 Å². The summed E-state index contributed by atoms with van der Waals surface area (Å²) < 4.78 is 5.82. The number of benzene rings is 2. The number of Topliss-reactive ketones (excluding diaryl/α,β-unsaturated/α-hetero) is 1. The van der Waals surface area contributed by atoms with Gasteiger partial charge in [-0.05, 0) is 24.3 Å². The minimum Gasteiger partial charge on any atom is -0.478 e. The molecule has 192 valence electrons. The van der Waals surface area contributed by atoms with E-state index in [9.17, 15) is 34.4 Å². The molecule has 0 heterocycles. The van der Waals surface area contributed by atoms with Crippen LogP contribution in [0.3, 0.4) is 0 Å². The fourth-order valence-electron chi connectivity index (χ4n) is 2.98. The third-order valence-electron chi connectivity index (χ3n) is 5.13. The number of carbonyl (C=O) groups is 4. The van der Waals surface area contributed by atoms with Crippen LogP contribution in [0.15, 0.2) is 36.4 Å². The van der Waals surface area contributed by atoms with Crippen LogP contribution in [0.2, 0.25) is 5.02 Å². The van der Waals surface area contributed by atoms with E-state index in [1.54, 1.807) is 20.8 Å². The van der Waals surface area contributed by atoms with Gasteiger partial charge in [-0.2, -0.15) is 0 Å². The maximum atomic E-state index is 13.2. The number of hydrogen-bond acceptors (Lipinski definition) is 7. The molecule has 0 radical (unpaired) electrons. The fourth-order valence-corrected chi connectivity index (χ4v) is 3.15. The lowest BCUT2D eigenvalue weighted by molar-refractivity contribution is -0.385. The summed E-state index contributed by atoms with van der Waals surface area (Å²) in [7, 11) is 1.48. The minimum absolute atomic E-state index is 0.0168. The molecular formula is C24H26ClN3O8. The lowest BCUT2D eigenvalue weighted by atomic mass is 9.87. The Hall–Kier alpha value is -3.99. The Labute approximate surface area is 212 Å². The number of non-ortho nitro benzene ring substituents is 1. The van der Waals surface area contributed by atoms with Crippen molar-refractivity contribution in [1.29, 1.82) is 0 Å². The number of amides is 2. The highest BCUT2D eigenvalue weighted by Gasteiger charge is 2.37. The lowest BCUT2D eigenvalue weighted by Gasteiger charge is -2.26. The third kappa shape index (κ3) is 7.01. The Bertz CT molecular complexity index is 1220. The second kappa shape index (κ2) is 11.2. The first-order valence-corrected chi connectivity index (χ1v) is 11.0. The van der Waals surface area contributed by atoms with Crippen LogP contribution in [0.25, 0.3) is 0 Å². The molecule has 2 aromatic carbocycles. The molecule has 2 N–H and O–H groups in total. The number of ketones is 1. The number of nitrogens with one attached hydrogen (secondary N) is 1. The molecule has 1 unspecified atom stereocenters. The molecule has 1 atom stereocenters. The van der Waals surface area contributed by atoms with E-state index < -0.39 is 34.1 Å². The number of ether oxygens (including phenoxy) is 1. The molecule has 0 aromatic heterocycles. The van der Waals surface area contributed by atoms with E-state index in [2.05, 4.69) is 5.32 Å². The van der Waals surface area contributed by atoms with E-state index in [-0.39, 0.29) is 45.7 Å². The van der Waals surface area contributed by atoms with E-state index in [4.69, 9.17) is 16.3 Å². The highest BCUT2D eigenvalue weighted by molar-refractivity contribution is 6.34. The Morgan fingerprint density at radius 3 is 2.33 bits per heavy atom. The van der Waals surface area contributed by atoms with Crippen LogP contribution in [0.1, 0.15) is 43.6 Å². The van der Waals surface area contributed by atoms with Gasteiger partial charge in [0.15, 0.2) is 5.78 Å². The number of nitro benzene ring substituents is 1. The van der Waals surface area contributed by atoms with Crippen molar-refractivity contribution in [3.8, 4) is 5.75 Å². The van der Waals surface area contributed by atoms with Crippen molar-refractivity contribution >= 4 is 46.5 Å². The van der Waals surface area contributed by atoms with Gasteiger partial charge in [-0.15, -0.1) is 0 Å². The topological polar surface area (TPSA) is 156 Å². The summed E-state index contributed by atoms with van der Waals surface area (Å²) in [5, 5.41) is 23.0. The molecule has 36 heavy (non-hydrogen) atoms. The Morgan fingerprint density at radius 2 is 1.81 bits per heavy atom. The van der Waals surface area contributed by atoms with Crippen molar-refractivity contribution in [3.63, 3.8) is 0 Å². The average Bonchev–Trinajstić information content (AvgIpc) is 2.77. The van der Waals surface area contributed by atoms with Crippen LogP contribution >= 0.6 is 11.6 Å². The second-order valence-electron chi connectivity index (χ2n) is 9.03. The Kier molecular flexibility index (Phi) is 8.76. The van der Waals surface area contributed by atoms with Crippen molar-refractivity contribution in [2.45, 2.75) is 40.3 Å². The van der Waals surface area contributed by atoms with Crippen molar-refractivity contribution in [1.82, 2.24) is 4.90 Å². The average molecular weight is 520 g/mol. The van der Waals surface area contributed by atoms with Crippen molar-refractivity contribution in [2.75, 3.05) is 12.4 Å². The molecular weight excluding hydrogens is 494 g/mol. The van der Waals surface area contributed by atoms with Gasteiger partial charge in [-0.25, -0.2) is 4.79 Å². The first kappa shape index (κ1) is 28.2. The van der Waals surface area contributed by atoms with Gasteiger partial charge in [0, 0.05) is 43.6 Å². The number of carboxylic acid groups (broad SMARTS) is 1. The molecule has 0 aliphatic carbocycles. The van der Waals surface area contributed by atoms with E-state index in [1.165, 1.54) is 43.1 Å². The molecule has 2 rings (SSSR count). The summed E-state index contributed by atoms with van der Waals surface area (Å²) in [5.74, 6) is -3.12. The number of halogens is 1. The van der Waals surface area contributed by atoms with Crippen LogP contribution in [0.4, 0.5) is 11.4 Å². The molecule has 0 spiro atoms. The van der Waals surface area contributed by atoms with E-state index in [1.807, 2.05) is 0 Å². The van der Waals surface area contributed by atoms with Crippen molar-refractivity contribution < 1.29 is 33.9 Å². The number of aromatic carboxylic acids is 1. The Morgan fingerprint density at radius 1 is 1.17 bits per heavy atom. The van der Waals surface area contributed by atoms with Gasteiger partial charge < -0.3 is 20.1 Å². The van der Waals surface area contributed by atoms with Gasteiger partial charge in [0.25, 0.3) is 11.6 Å². The summed E-state index contributed by atoms with van der Waals surface area (Å²) in [6.07, 6.45) is -1.72. The predicted octanol–water partition coefficient (Wildman–Crippen LogP) is 3.93. The first-order valence-electron chi connectivity index (χ1n) is 10.7. The van der Waals surface area contributed by atoms with Gasteiger partial charge in [0.05, 0.1) is 21.2 Å². The molecule has 0 bridgehead atoms. The van der Waals surface area contributed by atoms with Gasteiger partial charge >= 0.3 is 5.97 Å². The maximum Gasteiger partial charge on any atom is 0.335 e. The summed E-state index contributed by atoms with van der Waals surface area (Å²) >= 11 is 6.10. The number of nitro groups is 1. The minimum atomic E-state index is -1.72. The summed E-state index contributed by atoms with van der Waals surface area (Å²) in [4.78, 5) is 61.4. The van der Waals surface area contributed by atoms with Gasteiger partial charge in [0.1, 0.15) is 5.75 Å². The zero-order chi connectivity index (χ0) is 27.4. The molecule has 11 nitrogen and oxygen atoms in total. The molecule has 0 saturated carbocycles. The van der Waals surface area contributed by atoms with Gasteiger partial charge in [-0.3, -0.25) is 24.5 Å². The zero-order valence-electron chi connectivity index (χ0n) is 20.3. The highest BCUT2D eigenvalue weighted by atomic mass is 35.5. The largest absolute Gasteiger partial charge is 0.478 e. The van der Waals surface area contributed by atoms with E-state index in [0.717, 1.165) is 12.1 Å². The van der Waals surface area contributed by atoms with Crippen LogP contribution in [-0.4, -0.2) is 51.6 Å². The standard InChI is InChI=1S/C24H26ClN3O8/c1-13(29)27(5)12-15-10-16(28(34)35)7-9-19(15)36-20(21(30)24(2,3)4)22(31)26-18-11-14(23(32)33)6-8-17(18)25/h6-11,20H,12H2,1-5H3,(H,26,31)(H,32,33). The Balaban J connectivity index is 2.51. The van der Waals surface area contributed by atoms with Crippen LogP contribution in [0, 0.1) is 15.5 Å². The second-order valence-corrected chi connectivity index (χ2v) is 9.43. The summed E-state index contributed by atoms with van der Waals surface area (Å²) in [5.41, 5.74) is -1.29. The quantitative estimate of drug-likeness (QED) is 0.286.